The van der Waals surface area contributed by atoms with E-state index >= 15 is 0 Å². The lowest BCUT2D eigenvalue weighted by molar-refractivity contribution is -0.139. The minimum atomic E-state index is -0.119. The van der Waals surface area contributed by atoms with Gasteiger partial charge in [0.1, 0.15) is 0 Å². The molecule has 0 aliphatic carbocycles. The zero-order valence-corrected chi connectivity index (χ0v) is 17.9. The summed E-state index contributed by atoms with van der Waals surface area (Å²) < 4.78 is 0. The number of hydrogen-bond acceptors (Lipinski definition) is 3. The maximum Gasteiger partial charge on any atom is 0.253 e. The largest absolute Gasteiger partial charge is 0.341 e. The number of amides is 2. The second-order valence-electron chi connectivity index (χ2n) is 8.92. The number of benzene rings is 1. The molecule has 3 rings (SSSR count). The number of likely N-dealkylation sites (tertiary alicyclic amines) is 1. The molecule has 5 heteroatoms. The number of piperidine rings is 1. The quantitative estimate of drug-likeness (QED) is 0.803. The van der Waals surface area contributed by atoms with Gasteiger partial charge in [-0.05, 0) is 50.7 Å². The Morgan fingerprint density at radius 3 is 2.39 bits per heavy atom. The fraction of sp³-hybridized carbons (Fsp3) is 0.652. The molecule has 0 saturated carbocycles. The third kappa shape index (κ3) is 4.93. The Morgan fingerprint density at radius 2 is 1.71 bits per heavy atom. The van der Waals surface area contributed by atoms with E-state index in [4.69, 9.17) is 0 Å². The van der Waals surface area contributed by atoms with Crippen LogP contribution < -0.4 is 0 Å². The molecule has 0 N–H and O–H groups in total. The number of nitrogens with zero attached hydrogens (tertiary/aromatic N) is 3. The highest BCUT2D eigenvalue weighted by molar-refractivity contribution is 5.94. The molecule has 28 heavy (non-hydrogen) atoms. The highest BCUT2D eigenvalue weighted by atomic mass is 16.2. The Bertz CT molecular complexity index is 695. The summed E-state index contributed by atoms with van der Waals surface area (Å²) in [6.07, 6.45) is 2.11. The molecule has 2 amide bonds. The Labute approximate surface area is 169 Å². The van der Waals surface area contributed by atoms with Crippen molar-refractivity contribution in [2.75, 3.05) is 39.3 Å². The standard InChI is InChI=1S/C23H35N3O2/c1-17-7-5-8-21(14-17)23(28)25-10-6-9-24(11-12-25)20(4)22(27)26-15-18(2)13-19(3)16-26/h5,7-8,14,18-20H,6,9-13,15-16H2,1-4H3. The first-order valence-electron chi connectivity index (χ1n) is 10.7. The molecule has 2 saturated heterocycles. The third-order valence-corrected chi connectivity index (χ3v) is 6.17. The van der Waals surface area contributed by atoms with Crippen molar-refractivity contribution in [1.82, 2.24) is 14.7 Å². The van der Waals surface area contributed by atoms with E-state index in [1.165, 1.54) is 6.42 Å². The van der Waals surface area contributed by atoms with Crippen molar-refractivity contribution in [3.05, 3.63) is 35.4 Å². The first-order valence-corrected chi connectivity index (χ1v) is 10.7. The van der Waals surface area contributed by atoms with Crippen LogP contribution in [0.1, 0.15) is 49.5 Å². The Morgan fingerprint density at radius 1 is 1.00 bits per heavy atom. The number of carbonyl (C=O) groups excluding carboxylic acids is 2. The average molecular weight is 386 g/mol. The first kappa shape index (κ1) is 20.8. The molecule has 154 valence electrons. The molecule has 2 aliphatic heterocycles. The molecule has 3 atom stereocenters. The molecular weight excluding hydrogens is 350 g/mol. The van der Waals surface area contributed by atoms with E-state index in [2.05, 4.69) is 23.6 Å². The summed E-state index contributed by atoms with van der Waals surface area (Å²) in [4.78, 5) is 32.2. The van der Waals surface area contributed by atoms with Gasteiger partial charge in [0.05, 0.1) is 6.04 Å². The molecule has 5 nitrogen and oxygen atoms in total. The Balaban J connectivity index is 1.59. The lowest BCUT2D eigenvalue weighted by atomic mass is 9.91. The Kier molecular flexibility index (Phi) is 6.76. The monoisotopic (exact) mass is 385 g/mol. The molecule has 0 radical (unpaired) electrons. The average Bonchev–Trinajstić information content (AvgIpc) is 2.91. The van der Waals surface area contributed by atoms with E-state index in [1.807, 2.05) is 43.0 Å². The zero-order valence-electron chi connectivity index (χ0n) is 17.9. The molecule has 0 aromatic heterocycles. The van der Waals surface area contributed by atoms with Crippen LogP contribution in [0.5, 0.6) is 0 Å². The summed E-state index contributed by atoms with van der Waals surface area (Å²) in [6.45, 7) is 13.3. The third-order valence-electron chi connectivity index (χ3n) is 6.17. The van der Waals surface area contributed by atoms with Crippen LogP contribution in [0.3, 0.4) is 0 Å². The second kappa shape index (κ2) is 9.08. The SMILES string of the molecule is Cc1cccc(C(=O)N2CCCN(C(C)C(=O)N3CC(C)CC(C)C3)CC2)c1. The number of carbonyl (C=O) groups is 2. The van der Waals surface area contributed by atoms with E-state index in [9.17, 15) is 9.59 Å². The van der Waals surface area contributed by atoms with Crippen LogP contribution in [0.2, 0.25) is 0 Å². The predicted octanol–water partition coefficient (Wildman–Crippen LogP) is 3.04. The van der Waals surface area contributed by atoms with Gasteiger partial charge in [0.15, 0.2) is 0 Å². The maximum absolute atomic E-state index is 13.1. The summed E-state index contributed by atoms with van der Waals surface area (Å²) in [5, 5.41) is 0. The highest BCUT2D eigenvalue weighted by Gasteiger charge is 2.32. The van der Waals surface area contributed by atoms with Crippen molar-refractivity contribution in [2.45, 2.75) is 46.6 Å². The van der Waals surface area contributed by atoms with E-state index in [-0.39, 0.29) is 17.9 Å². The van der Waals surface area contributed by atoms with E-state index < -0.39 is 0 Å². The number of hydrogen-bond donors (Lipinski definition) is 0. The van der Waals surface area contributed by atoms with Crippen LogP contribution in [0.15, 0.2) is 24.3 Å². The molecule has 1 aromatic rings. The number of rotatable bonds is 3. The van der Waals surface area contributed by atoms with E-state index in [0.29, 0.717) is 18.4 Å². The zero-order chi connectivity index (χ0) is 20.3. The van der Waals surface area contributed by atoms with Crippen molar-refractivity contribution < 1.29 is 9.59 Å². The van der Waals surface area contributed by atoms with Gasteiger partial charge in [-0.3, -0.25) is 14.5 Å². The fourth-order valence-electron chi connectivity index (χ4n) is 4.75. The van der Waals surface area contributed by atoms with Gasteiger partial charge in [0, 0.05) is 44.8 Å². The van der Waals surface area contributed by atoms with E-state index in [1.54, 1.807) is 0 Å². The van der Waals surface area contributed by atoms with E-state index in [0.717, 1.165) is 50.3 Å². The minimum absolute atomic E-state index is 0.100. The molecule has 3 unspecified atom stereocenters. The summed E-state index contributed by atoms with van der Waals surface area (Å²) in [5.74, 6) is 1.50. The smallest absolute Gasteiger partial charge is 0.253 e. The highest BCUT2D eigenvalue weighted by Crippen LogP contribution is 2.22. The van der Waals surface area contributed by atoms with Crippen LogP contribution in [0.4, 0.5) is 0 Å². The molecule has 0 bridgehead atoms. The molecule has 2 aliphatic rings. The Hall–Kier alpha value is -1.88. The van der Waals surface area contributed by atoms with Crippen LogP contribution >= 0.6 is 0 Å². The van der Waals surface area contributed by atoms with Gasteiger partial charge in [0.25, 0.3) is 5.91 Å². The molecule has 2 fully saturated rings. The van der Waals surface area contributed by atoms with Crippen LogP contribution in [-0.2, 0) is 4.79 Å². The first-order chi connectivity index (χ1) is 13.3. The summed E-state index contributed by atoms with van der Waals surface area (Å²) in [5.41, 5.74) is 1.86. The van der Waals surface area contributed by atoms with Gasteiger partial charge in [-0.2, -0.15) is 0 Å². The minimum Gasteiger partial charge on any atom is -0.341 e. The van der Waals surface area contributed by atoms with Gasteiger partial charge < -0.3 is 9.80 Å². The summed E-state index contributed by atoms with van der Waals surface area (Å²) in [7, 11) is 0. The van der Waals surface area contributed by atoms with Gasteiger partial charge in [0.2, 0.25) is 5.91 Å². The molecule has 2 heterocycles. The van der Waals surface area contributed by atoms with Crippen molar-refractivity contribution in [3.63, 3.8) is 0 Å². The van der Waals surface area contributed by atoms with Crippen molar-refractivity contribution in [3.8, 4) is 0 Å². The molecule has 1 aromatic carbocycles. The fourth-order valence-corrected chi connectivity index (χ4v) is 4.75. The van der Waals surface area contributed by atoms with Crippen molar-refractivity contribution in [1.29, 1.82) is 0 Å². The van der Waals surface area contributed by atoms with Crippen molar-refractivity contribution >= 4 is 11.8 Å². The topological polar surface area (TPSA) is 43.9 Å². The lowest BCUT2D eigenvalue weighted by Crippen LogP contribution is -2.52. The maximum atomic E-state index is 13.1. The molecule has 0 spiro atoms. The molecular formula is C23H35N3O2. The lowest BCUT2D eigenvalue weighted by Gasteiger charge is -2.38. The van der Waals surface area contributed by atoms with Gasteiger partial charge in [-0.25, -0.2) is 0 Å². The summed E-state index contributed by atoms with van der Waals surface area (Å²) in [6, 6.07) is 7.68. The van der Waals surface area contributed by atoms with Crippen LogP contribution in [0, 0.1) is 18.8 Å². The predicted molar refractivity (Wildman–Crippen MR) is 112 cm³/mol. The van der Waals surface area contributed by atoms with Crippen molar-refractivity contribution in [2.24, 2.45) is 11.8 Å². The van der Waals surface area contributed by atoms with Gasteiger partial charge in [-0.15, -0.1) is 0 Å². The van der Waals surface area contributed by atoms with Crippen LogP contribution in [-0.4, -0.2) is 71.8 Å². The van der Waals surface area contributed by atoms with Crippen LogP contribution in [0.25, 0.3) is 0 Å². The van der Waals surface area contributed by atoms with Gasteiger partial charge in [-0.1, -0.05) is 31.5 Å². The van der Waals surface area contributed by atoms with Gasteiger partial charge >= 0.3 is 0 Å². The normalized spacial score (nSPS) is 25.3. The number of aryl methyl sites for hydroxylation is 1. The summed E-state index contributed by atoms with van der Waals surface area (Å²) >= 11 is 0. The second-order valence-corrected chi connectivity index (χ2v) is 8.92.